The Kier molecular flexibility index (Phi) is 5.29. The van der Waals surface area contributed by atoms with Crippen molar-refractivity contribution in [3.05, 3.63) is 54.3 Å². The van der Waals surface area contributed by atoms with Gasteiger partial charge in [-0.05, 0) is 36.4 Å². The summed E-state index contributed by atoms with van der Waals surface area (Å²) in [5.74, 6) is 0.642. The maximum absolute atomic E-state index is 13.1. The Bertz CT molecular complexity index is 952. The van der Waals surface area contributed by atoms with Crippen LogP contribution in [0.2, 0.25) is 0 Å². The predicted molar refractivity (Wildman–Crippen MR) is 98.0 cm³/mol. The number of halogens is 1. The minimum Gasteiger partial charge on any atom is -0.483 e. The molecule has 1 amide bonds. The van der Waals surface area contributed by atoms with Crippen molar-refractivity contribution in [2.45, 2.75) is 0 Å². The number of morpholine rings is 1. The smallest absolute Gasteiger partial charge is 0.260 e. The molecule has 2 heterocycles. The molecule has 0 spiro atoms. The summed E-state index contributed by atoms with van der Waals surface area (Å²) in [6.45, 7) is 2.12. The number of rotatable bonds is 5. The molecule has 144 valence electrons. The third-order valence-electron chi connectivity index (χ3n) is 4.36. The Balaban J connectivity index is 1.50. The highest BCUT2D eigenvalue weighted by molar-refractivity contribution is 5.78. The molecular formula is C20H18FN3O4. The van der Waals surface area contributed by atoms with Crippen molar-refractivity contribution in [1.29, 1.82) is 0 Å². The standard InChI is InChI=1S/C20H18FN3O4/c21-15-7-5-14(6-8-15)20-22-19(23-28-20)16-3-1-2-4-17(16)27-13-18(25)24-9-11-26-12-10-24/h1-8H,9-13H2. The van der Waals surface area contributed by atoms with E-state index in [2.05, 4.69) is 10.1 Å². The third-order valence-corrected chi connectivity index (χ3v) is 4.36. The highest BCUT2D eigenvalue weighted by Gasteiger charge is 2.19. The molecule has 8 heteroatoms. The Hall–Kier alpha value is -3.26. The molecule has 0 bridgehead atoms. The minimum absolute atomic E-state index is 0.0836. The second-order valence-corrected chi connectivity index (χ2v) is 6.21. The van der Waals surface area contributed by atoms with Crippen LogP contribution in [0.25, 0.3) is 22.8 Å². The maximum atomic E-state index is 13.1. The number of benzene rings is 2. The van der Waals surface area contributed by atoms with Gasteiger partial charge in [-0.15, -0.1) is 0 Å². The number of hydrogen-bond donors (Lipinski definition) is 0. The summed E-state index contributed by atoms with van der Waals surface area (Å²) in [5, 5.41) is 3.99. The van der Waals surface area contributed by atoms with Crippen molar-refractivity contribution in [1.82, 2.24) is 15.0 Å². The molecule has 1 aliphatic heterocycles. The van der Waals surface area contributed by atoms with E-state index in [0.29, 0.717) is 49.0 Å². The average Bonchev–Trinajstić information content (AvgIpc) is 3.23. The average molecular weight is 383 g/mol. The summed E-state index contributed by atoms with van der Waals surface area (Å²) < 4.78 is 29.4. The predicted octanol–water partition coefficient (Wildman–Crippen LogP) is 2.78. The SMILES string of the molecule is O=C(COc1ccccc1-c1noc(-c2ccc(F)cc2)n1)N1CCOCC1. The Morgan fingerprint density at radius 2 is 1.86 bits per heavy atom. The van der Waals surface area contributed by atoms with Gasteiger partial charge in [-0.2, -0.15) is 4.98 Å². The number of ether oxygens (including phenoxy) is 2. The van der Waals surface area contributed by atoms with Crippen LogP contribution in [0.5, 0.6) is 5.75 Å². The van der Waals surface area contributed by atoms with E-state index in [4.69, 9.17) is 14.0 Å². The van der Waals surface area contributed by atoms with E-state index in [0.717, 1.165) is 0 Å². The lowest BCUT2D eigenvalue weighted by Gasteiger charge is -2.26. The molecule has 1 saturated heterocycles. The molecule has 7 nitrogen and oxygen atoms in total. The van der Waals surface area contributed by atoms with E-state index < -0.39 is 0 Å². The van der Waals surface area contributed by atoms with Crippen molar-refractivity contribution in [2.24, 2.45) is 0 Å². The van der Waals surface area contributed by atoms with Crippen LogP contribution in [-0.4, -0.2) is 53.9 Å². The number of aromatic nitrogens is 2. The quantitative estimate of drug-likeness (QED) is 0.674. The normalized spacial score (nSPS) is 14.1. The second-order valence-electron chi connectivity index (χ2n) is 6.21. The number of nitrogens with zero attached hydrogens (tertiary/aromatic N) is 3. The zero-order valence-corrected chi connectivity index (χ0v) is 15.0. The lowest BCUT2D eigenvalue weighted by molar-refractivity contribution is -0.137. The van der Waals surface area contributed by atoms with Gasteiger partial charge >= 0.3 is 0 Å². The molecular weight excluding hydrogens is 365 g/mol. The topological polar surface area (TPSA) is 77.7 Å². The molecule has 4 rings (SSSR count). The summed E-state index contributed by atoms with van der Waals surface area (Å²) in [5.41, 5.74) is 1.22. The molecule has 2 aromatic carbocycles. The molecule has 1 aromatic heterocycles. The number of carbonyl (C=O) groups excluding carboxylic acids is 1. The van der Waals surface area contributed by atoms with Crippen LogP contribution in [0.15, 0.2) is 53.1 Å². The zero-order valence-electron chi connectivity index (χ0n) is 15.0. The van der Waals surface area contributed by atoms with Gasteiger partial charge in [0.1, 0.15) is 11.6 Å². The summed E-state index contributed by atoms with van der Waals surface area (Å²) in [6, 6.07) is 12.9. The summed E-state index contributed by atoms with van der Waals surface area (Å²) >= 11 is 0. The fourth-order valence-corrected chi connectivity index (χ4v) is 2.86. The Morgan fingerprint density at radius 1 is 1.11 bits per heavy atom. The Labute approximate surface area is 160 Å². The van der Waals surface area contributed by atoms with Crippen LogP contribution in [0, 0.1) is 5.82 Å². The molecule has 3 aromatic rings. The van der Waals surface area contributed by atoms with Crippen LogP contribution in [-0.2, 0) is 9.53 Å². The van der Waals surface area contributed by atoms with E-state index in [9.17, 15) is 9.18 Å². The first kappa shape index (κ1) is 18.1. The Morgan fingerprint density at radius 3 is 2.64 bits per heavy atom. The van der Waals surface area contributed by atoms with Crippen LogP contribution in [0.4, 0.5) is 4.39 Å². The number of carbonyl (C=O) groups is 1. The van der Waals surface area contributed by atoms with Crippen molar-refractivity contribution in [2.75, 3.05) is 32.9 Å². The highest BCUT2D eigenvalue weighted by atomic mass is 19.1. The minimum atomic E-state index is -0.341. The van der Waals surface area contributed by atoms with E-state index in [-0.39, 0.29) is 24.2 Å². The van der Waals surface area contributed by atoms with Gasteiger partial charge in [0.05, 0.1) is 18.8 Å². The van der Waals surface area contributed by atoms with Gasteiger partial charge in [0.25, 0.3) is 11.8 Å². The van der Waals surface area contributed by atoms with Gasteiger partial charge in [0.2, 0.25) is 5.82 Å². The first-order valence-electron chi connectivity index (χ1n) is 8.88. The van der Waals surface area contributed by atoms with E-state index in [1.165, 1.54) is 12.1 Å². The molecule has 0 radical (unpaired) electrons. The molecule has 0 saturated carbocycles. The molecule has 28 heavy (non-hydrogen) atoms. The molecule has 1 aliphatic rings. The van der Waals surface area contributed by atoms with E-state index in [1.807, 2.05) is 6.07 Å². The van der Waals surface area contributed by atoms with Gasteiger partial charge in [0.15, 0.2) is 6.61 Å². The molecule has 0 aliphatic carbocycles. The first-order chi connectivity index (χ1) is 13.7. The molecule has 0 atom stereocenters. The molecule has 0 unspecified atom stereocenters. The fourth-order valence-electron chi connectivity index (χ4n) is 2.86. The van der Waals surface area contributed by atoms with Crippen molar-refractivity contribution >= 4 is 5.91 Å². The number of amides is 1. The van der Waals surface area contributed by atoms with Gasteiger partial charge < -0.3 is 18.9 Å². The van der Waals surface area contributed by atoms with Crippen LogP contribution < -0.4 is 4.74 Å². The molecule has 0 N–H and O–H groups in total. The lowest BCUT2D eigenvalue weighted by atomic mass is 10.2. The maximum Gasteiger partial charge on any atom is 0.260 e. The lowest BCUT2D eigenvalue weighted by Crippen LogP contribution is -2.43. The summed E-state index contributed by atoms with van der Waals surface area (Å²) in [6.07, 6.45) is 0. The largest absolute Gasteiger partial charge is 0.483 e. The molecule has 1 fully saturated rings. The van der Waals surface area contributed by atoms with E-state index in [1.54, 1.807) is 35.2 Å². The van der Waals surface area contributed by atoms with Crippen molar-refractivity contribution < 1.29 is 23.2 Å². The van der Waals surface area contributed by atoms with Gasteiger partial charge in [-0.3, -0.25) is 4.79 Å². The summed E-state index contributed by atoms with van der Waals surface area (Å²) in [4.78, 5) is 18.4. The van der Waals surface area contributed by atoms with Crippen LogP contribution in [0.1, 0.15) is 0 Å². The first-order valence-corrected chi connectivity index (χ1v) is 8.88. The van der Waals surface area contributed by atoms with Crippen molar-refractivity contribution in [3.63, 3.8) is 0 Å². The monoisotopic (exact) mass is 383 g/mol. The zero-order chi connectivity index (χ0) is 19.3. The number of hydrogen-bond acceptors (Lipinski definition) is 6. The third kappa shape index (κ3) is 4.01. The van der Waals surface area contributed by atoms with Gasteiger partial charge in [0, 0.05) is 18.7 Å². The highest BCUT2D eigenvalue weighted by Crippen LogP contribution is 2.29. The van der Waals surface area contributed by atoms with Crippen LogP contribution in [0.3, 0.4) is 0 Å². The van der Waals surface area contributed by atoms with E-state index >= 15 is 0 Å². The van der Waals surface area contributed by atoms with Crippen molar-refractivity contribution in [3.8, 4) is 28.6 Å². The summed E-state index contributed by atoms with van der Waals surface area (Å²) in [7, 11) is 0. The second kappa shape index (κ2) is 8.18. The fraction of sp³-hybridized carbons (Fsp3) is 0.250. The van der Waals surface area contributed by atoms with Gasteiger partial charge in [-0.25, -0.2) is 4.39 Å². The number of para-hydroxylation sites is 1. The van der Waals surface area contributed by atoms with Gasteiger partial charge in [-0.1, -0.05) is 17.3 Å². The van der Waals surface area contributed by atoms with Crippen LogP contribution >= 0.6 is 0 Å².